The highest BCUT2D eigenvalue weighted by atomic mass is 32.2. The molecular formula is C12H21N2O3S2+. The number of quaternary nitrogens is 1. The molecule has 3 unspecified atom stereocenters. The molecule has 0 aromatic carbocycles. The monoisotopic (exact) mass is 305 g/mol. The van der Waals surface area contributed by atoms with Crippen molar-refractivity contribution < 1.29 is 17.0 Å². The molecule has 0 radical (unpaired) electrons. The van der Waals surface area contributed by atoms with Gasteiger partial charge < -0.3 is 4.74 Å². The lowest BCUT2D eigenvalue weighted by Crippen LogP contribution is -2.35. The number of ether oxygens (including phenoxy) is 1. The molecule has 7 heteroatoms. The van der Waals surface area contributed by atoms with Crippen LogP contribution in [0.25, 0.3) is 0 Å². The fourth-order valence-corrected chi connectivity index (χ4v) is 6.57. The second-order valence-electron chi connectivity index (χ2n) is 5.44. The fourth-order valence-electron chi connectivity index (χ4n) is 2.94. The number of hydrogen-bond donors (Lipinski definition) is 0. The average molecular weight is 305 g/mol. The number of nitrogens with zero attached hydrogens (tertiary/aromatic N) is 2. The molecule has 2 fully saturated rings. The SMILES string of the molecule is CCOCC[N+]1(C2=NC3CCCCC3S2)CS1(=O)=O. The van der Waals surface area contributed by atoms with Gasteiger partial charge in [-0.05, 0) is 31.5 Å². The van der Waals surface area contributed by atoms with Gasteiger partial charge in [0.15, 0.2) is 0 Å². The summed E-state index contributed by atoms with van der Waals surface area (Å²) in [6.45, 7) is 3.56. The van der Waals surface area contributed by atoms with Crippen molar-refractivity contribution in [2.45, 2.75) is 43.9 Å². The zero-order valence-electron chi connectivity index (χ0n) is 11.2. The van der Waals surface area contributed by atoms with Gasteiger partial charge in [0, 0.05) is 11.9 Å². The summed E-state index contributed by atoms with van der Waals surface area (Å²) in [5.74, 6) is 0.214. The first-order valence-electron chi connectivity index (χ1n) is 7.02. The quantitative estimate of drug-likeness (QED) is 0.449. The highest BCUT2D eigenvalue weighted by molar-refractivity contribution is 8.15. The van der Waals surface area contributed by atoms with Gasteiger partial charge in [0.2, 0.25) is 0 Å². The van der Waals surface area contributed by atoms with Crippen molar-refractivity contribution in [2.75, 3.05) is 25.6 Å². The minimum Gasteiger partial charge on any atom is -0.376 e. The van der Waals surface area contributed by atoms with Crippen LogP contribution in [0.4, 0.5) is 0 Å². The molecule has 108 valence electrons. The standard InChI is InChI=1S/C12H21N2O3S2/c1-2-17-8-7-14(9-19(14,15)16)12-13-10-5-3-4-6-11(10)18-12/h10-11H,2-9H2,1H3/q+1. The number of rotatable bonds is 4. The van der Waals surface area contributed by atoms with Gasteiger partial charge in [0.05, 0.1) is 12.6 Å². The van der Waals surface area contributed by atoms with Gasteiger partial charge >= 0.3 is 10.0 Å². The van der Waals surface area contributed by atoms with E-state index in [1.807, 2.05) is 6.92 Å². The average Bonchev–Trinajstić information content (AvgIpc) is 2.76. The van der Waals surface area contributed by atoms with Gasteiger partial charge in [-0.15, -0.1) is 3.89 Å². The van der Waals surface area contributed by atoms with Crippen LogP contribution in [0, 0.1) is 0 Å². The van der Waals surface area contributed by atoms with Crippen molar-refractivity contribution in [1.82, 2.24) is 0 Å². The number of amidine groups is 1. The normalized spacial score (nSPS) is 39.7. The third-order valence-corrected chi connectivity index (χ3v) is 7.83. The van der Waals surface area contributed by atoms with Gasteiger partial charge in [0.1, 0.15) is 6.54 Å². The van der Waals surface area contributed by atoms with Gasteiger partial charge in [0.25, 0.3) is 11.0 Å². The highest BCUT2D eigenvalue weighted by Gasteiger charge is 2.67. The molecule has 1 saturated heterocycles. The summed E-state index contributed by atoms with van der Waals surface area (Å²) in [5.41, 5.74) is 0. The molecule has 2 aliphatic heterocycles. The third-order valence-electron chi connectivity index (χ3n) is 4.18. The number of hydrogen-bond acceptors (Lipinski definition) is 5. The van der Waals surface area contributed by atoms with Crippen LogP contribution in [-0.2, 0) is 14.8 Å². The zero-order chi connectivity index (χ0) is 13.5. The Morgan fingerprint density at radius 2 is 2.16 bits per heavy atom. The molecule has 0 aromatic heterocycles. The summed E-state index contributed by atoms with van der Waals surface area (Å²) in [4.78, 5) is 4.74. The summed E-state index contributed by atoms with van der Waals surface area (Å²) >= 11 is 1.71. The predicted molar refractivity (Wildman–Crippen MR) is 76.5 cm³/mol. The summed E-state index contributed by atoms with van der Waals surface area (Å²) in [6.07, 6.45) is 4.77. The number of fused-ring (bicyclic) bond motifs is 1. The van der Waals surface area contributed by atoms with E-state index >= 15 is 0 Å². The Balaban J connectivity index is 1.75. The Morgan fingerprint density at radius 1 is 1.42 bits per heavy atom. The molecule has 0 aromatic rings. The maximum Gasteiger partial charge on any atom is 0.356 e. The van der Waals surface area contributed by atoms with Crippen molar-refractivity contribution in [3.05, 3.63) is 0 Å². The second-order valence-corrected chi connectivity index (χ2v) is 8.77. The maximum atomic E-state index is 12.0. The Kier molecular flexibility index (Phi) is 3.66. The molecule has 0 spiro atoms. The fraction of sp³-hybridized carbons (Fsp3) is 0.917. The Labute approximate surface area is 119 Å². The first-order valence-corrected chi connectivity index (χ1v) is 9.51. The molecule has 0 bridgehead atoms. The Bertz CT molecular complexity index is 491. The van der Waals surface area contributed by atoms with Gasteiger partial charge in [-0.2, -0.15) is 8.42 Å². The zero-order valence-corrected chi connectivity index (χ0v) is 12.9. The number of aliphatic imine (C=N–C) groups is 1. The smallest absolute Gasteiger partial charge is 0.356 e. The molecule has 3 atom stereocenters. The van der Waals surface area contributed by atoms with Crippen molar-refractivity contribution in [2.24, 2.45) is 4.99 Å². The van der Waals surface area contributed by atoms with Crippen LogP contribution in [0.2, 0.25) is 0 Å². The van der Waals surface area contributed by atoms with Crippen LogP contribution < -0.4 is 0 Å². The van der Waals surface area contributed by atoms with E-state index in [1.165, 1.54) is 19.3 Å². The summed E-state index contributed by atoms with van der Waals surface area (Å²) in [7, 11) is -3.02. The maximum absolute atomic E-state index is 12.0. The van der Waals surface area contributed by atoms with Gasteiger partial charge in [-0.25, -0.2) is 4.99 Å². The largest absolute Gasteiger partial charge is 0.376 e. The molecule has 1 aliphatic carbocycles. The number of thioether (sulfide) groups is 1. The molecule has 0 amide bonds. The Morgan fingerprint density at radius 3 is 2.79 bits per heavy atom. The van der Waals surface area contributed by atoms with Gasteiger partial charge in [-0.3, -0.25) is 0 Å². The third kappa shape index (κ3) is 2.34. The lowest BCUT2D eigenvalue weighted by molar-refractivity contribution is -0.626. The van der Waals surface area contributed by atoms with Crippen LogP contribution >= 0.6 is 11.8 Å². The molecule has 5 nitrogen and oxygen atoms in total. The van der Waals surface area contributed by atoms with Crippen molar-refractivity contribution >= 4 is 27.0 Å². The molecule has 3 rings (SSSR count). The van der Waals surface area contributed by atoms with Gasteiger partial charge in [-0.1, -0.05) is 12.8 Å². The van der Waals surface area contributed by atoms with E-state index < -0.39 is 10.0 Å². The first-order chi connectivity index (χ1) is 9.09. The topological polar surface area (TPSA) is 55.7 Å². The second kappa shape index (κ2) is 5.02. The molecule has 2 heterocycles. The lowest BCUT2D eigenvalue weighted by Gasteiger charge is -2.21. The van der Waals surface area contributed by atoms with Crippen molar-refractivity contribution in [1.29, 1.82) is 0 Å². The minimum absolute atomic E-state index is 0.0602. The molecule has 0 N–H and O–H groups in total. The van der Waals surface area contributed by atoms with E-state index in [-0.39, 0.29) is 9.77 Å². The molecule has 3 aliphatic rings. The minimum atomic E-state index is -3.02. The van der Waals surface area contributed by atoms with Crippen LogP contribution in [0.1, 0.15) is 32.6 Å². The number of sulfonamides is 1. The summed E-state index contributed by atoms with van der Waals surface area (Å²) in [6, 6.07) is 0.353. The van der Waals surface area contributed by atoms with E-state index in [0.717, 1.165) is 11.6 Å². The van der Waals surface area contributed by atoms with Crippen LogP contribution in [0.15, 0.2) is 4.99 Å². The van der Waals surface area contributed by atoms with E-state index in [1.54, 1.807) is 11.8 Å². The lowest BCUT2D eigenvalue weighted by atomic mass is 9.96. The van der Waals surface area contributed by atoms with Crippen molar-refractivity contribution in [3.63, 3.8) is 0 Å². The molecule has 1 saturated carbocycles. The Hall–Kier alpha value is -0.110. The van der Waals surface area contributed by atoms with E-state index in [0.29, 0.717) is 31.1 Å². The highest BCUT2D eigenvalue weighted by Crippen LogP contribution is 2.46. The first kappa shape index (κ1) is 13.9. The molecule has 19 heavy (non-hydrogen) atoms. The van der Waals surface area contributed by atoms with Crippen LogP contribution in [0.3, 0.4) is 0 Å². The van der Waals surface area contributed by atoms with E-state index in [9.17, 15) is 8.42 Å². The molecular weight excluding hydrogens is 284 g/mol. The van der Waals surface area contributed by atoms with Crippen LogP contribution in [0.5, 0.6) is 0 Å². The summed E-state index contributed by atoms with van der Waals surface area (Å²) < 4.78 is 29.4. The van der Waals surface area contributed by atoms with E-state index in [2.05, 4.69) is 0 Å². The predicted octanol–water partition coefficient (Wildman–Crippen LogP) is 1.55. The van der Waals surface area contributed by atoms with Crippen molar-refractivity contribution in [3.8, 4) is 0 Å². The van der Waals surface area contributed by atoms with Crippen LogP contribution in [-0.4, -0.2) is 54.4 Å². The van der Waals surface area contributed by atoms with E-state index in [4.69, 9.17) is 9.73 Å². The summed E-state index contributed by atoms with van der Waals surface area (Å²) in [5, 5.41) is 1.35.